The van der Waals surface area contributed by atoms with Gasteiger partial charge in [0, 0.05) is 7.05 Å². The molecule has 2 rings (SSSR count). The van der Waals surface area contributed by atoms with Crippen LogP contribution in [-0.2, 0) is 7.05 Å². The summed E-state index contributed by atoms with van der Waals surface area (Å²) in [7, 11) is 1.53. The van der Waals surface area contributed by atoms with E-state index >= 15 is 0 Å². The van der Waals surface area contributed by atoms with Crippen LogP contribution in [0.15, 0.2) is 35.1 Å². The van der Waals surface area contributed by atoms with E-state index in [0.29, 0.717) is 17.8 Å². The topological polar surface area (TPSA) is 73.2 Å². The number of benzene rings is 1. The number of aryl methyl sites for hydroxylation is 2. The summed E-state index contributed by atoms with van der Waals surface area (Å²) in [5.41, 5.74) is 0.988. The minimum Gasteiger partial charge on any atom is -0.489 e. The number of amides is 1. The maximum atomic E-state index is 12.3. The van der Waals surface area contributed by atoms with Gasteiger partial charge in [-0.05, 0) is 38.5 Å². The van der Waals surface area contributed by atoms with Crippen LogP contribution < -0.4 is 15.6 Å². The molecular weight excluding hydrogens is 294 g/mol. The largest absolute Gasteiger partial charge is 0.489 e. The first-order valence-corrected chi connectivity index (χ1v) is 7.44. The van der Waals surface area contributed by atoms with Crippen molar-refractivity contribution in [1.29, 1.82) is 0 Å². The summed E-state index contributed by atoms with van der Waals surface area (Å²) in [6.45, 7) is 5.66. The molecule has 6 nitrogen and oxygen atoms in total. The molecule has 1 aromatic heterocycles. The molecule has 0 aliphatic heterocycles. The first-order chi connectivity index (χ1) is 10.9. The van der Waals surface area contributed by atoms with Crippen LogP contribution in [0.2, 0.25) is 0 Å². The SMILES string of the molecule is Cc1nn(C)c(=O)c(C(=O)NCC(C)Oc2ccccc2)c1C. The Hall–Kier alpha value is -2.63. The van der Waals surface area contributed by atoms with Gasteiger partial charge < -0.3 is 10.1 Å². The Balaban J connectivity index is 2.04. The molecule has 122 valence electrons. The minimum atomic E-state index is -0.405. The number of ether oxygens (including phenoxy) is 1. The maximum absolute atomic E-state index is 12.3. The van der Waals surface area contributed by atoms with Crippen molar-refractivity contribution in [3.05, 3.63) is 57.5 Å². The second-order valence-electron chi connectivity index (χ2n) is 5.47. The Morgan fingerprint density at radius 1 is 1.30 bits per heavy atom. The third-order valence-corrected chi connectivity index (χ3v) is 3.58. The monoisotopic (exact) mass is 315 g/mol. The average molecular weight is 315 g/mol. The molecule has 23 heavy (non-hydrogen) atoms. The maximum Gasteiger partial charge on any atom is 0.279 e. The summed E-state index contributed by atoms with van der Waals surface area (Å²) in [4.78, 5) is 24.5. The van der Waals surface area contributed by atoms with Crippen LogP contribution in [0, 0.1) is 13.8 Å². The van der Waals surface area contributed by atoms with E-state index < -0.39 is 11.5 Å². The molecule has 0 bridgehead atoms. The van der Waals surface area contributed by atoms with E-state index in [9.17, 15) is 9.59 Å². The highest BCUT2D eigenvalue weighted by Gasteiger charge is 2.18. The molecule has 1 atom stereocenters. The van der Waals surface area contributed by atoms with Gasteiger partial charge in [-0.15, -0.1) is 0 Å². The lowest BCUT2D eigenvalue weighted by Gasteiger charge is -2.16. The number of carbonyl (C=O) groups is 1. The number of hydrogen-bond acceptors (Lipinski definition) is 4. The summed E-state index contributed by atoms with van der Waals surface area (Å²) < 4.78 is 6.88. The van der Waals surface area contributed by atoms with Crippen LogP contribution in [0.5, 0.6) is 5.75 Å². The van der Waals surface area contributed by atoms with Crippen molar-refractivity contribution in [2.45, 2.75) is 26.9 Å². The molecule has 0 aliphatic rings. The van der Waals surface area contributed by atoms with Crippen LogP contribution in [0.1, 0.15) is 28.5 Å². The van der Waals surface area contributed by atoms with Crippen molar-refractivity contribution < 1.29 is 9.53 Å². The van der Waals surface area contributed by atoms with Gasteiger partial charge in [0.2, 0.25) is 0 Å². The summed E-state index contributed by atoms with van der Waals surface area (Å²) >= 11 is 0. The van der Waals surface area contributed by atoms with Gasteiger partial charge in [-0.3, -0.25) is 9.59 Å². The molecule has 1 unspecified atom stereocenters. The van der Waals surface area contributed by atoms with Crippen LogP contribution >= 0.6 is 0 Å². The van der Waals surface area contributed by atoms with Gasteiger partial charge in [-0.1, -0.05) is 18.2 Å². The van der Waals surface area contributed by atoms with Crippen molar-refractivity contribution in [3.63, 3.8) is 0 Å². The zero-order valence-electron chi connectivity index (χ0n) is 13.8. The van der Waals surface area contributed by atoms with Crippen molar-refractivity contribution in [2.24, 2.45) is 7.05 Å². The highest BCUT2D eigenvalue weighted by Crippen LogP contribution is 2.10. The fraction of sp³-hybridized carbons (Fsp3) is 0.353. The summed E-state index contributed by atoms with van der Waals surface area (Å²) in [5, 5.41) is 6.82. The molecule has 0 saturated carbocycles. The lowest BCUT2D eigenvalue weighted by atomic mass is 10.1. The third kappa shape index (κ3) is 3.97. The van der Waals surface area contributed by atoms with Gasteiger partial charge >= 0.3 is 0 Å². The molecule has 0 aliphatic carbocycles. The number of hydrogen-bond donors (Lipinski definition) is 1. The van der Waals surface area contributed by atoms with E-state index in [-0.39, 0.29) is 11.7 Å². The van der Waals surface area contributed by atoms with Gasteiger partial charge in [0.05, 0.1) is 12.2 Å². The minimum absolute atomic E-state index is 0.131. The second-order valence-corrected chi connectivity index (χ2v) is 5.47. The summed E-state index contributed by atoms with van der Waals surface area (Å²) in [6.07, 6.45) is -0.214. The molecule has 1 heterocycles. The highest BCUT2D eigenvalue weighted by atomic mass is 16.5. The molecule has 0 radical (unpaired) electrons. The first kappa shape index (κ1) is 16.7. The fourth-order valence-corrected chi connectivity index (χ4v) is 2.21. The van der Waals surface area contributed by atoms with Gasteiger partial charge in [0.1, 0.15) is 17.4 Å². The Morgan fingerprint density at radius 3 is 2.61 bits per heavy atom. The van der Waals surface area contributed by atoms with E-state index in [0.717, 1.165) is 5.75 Å². The molecular formula is C17H21N3O3. The van der Waals surface area contributed by atoms with E-state index in [2.05, 4.69) is 10.4 Å². The zero-order chi connectivity index (χ0) is 17.0. The number of rotatable bonds is 5. The molecule has 0 spiro atoms. The standard InChI is InChI=1S/C17H21N3O3/c1-11(23-14-8-6-5-7-9-14)10-18-16(21)15-12(2)13(3)19-20(4)17(15)22/h5-9,11H,10H2,1-4H3,(H,18,21). The van der Waals surface area contributed by atoms with Crippen LogP contribution in [-0.4, -0.2) is 28.3 Å². The summed E-state index contributed by atoms with van der Waals surface area (Å²) in [5.74, 6) is 0.332. The molecule has 1 aromatic carbocycles. The van der Waals surface area contributed by atoms with E-state index in [1.807, 2.05) is 37.3 Å². The van der Waals surface area contributed by atoms with Gasteiger partial charge in [0.15, 0.2) is 0 Å². The van der Waals surface area contributed by atoms with Crippen LogP contribution in [0.3, 0.4) is 0 Å². The Labute approximate surface area is 135 Å². The molecule has 1 amide bonds. The van der Waals surface area contributed by atoms with Gasteiger partial charge in [0.25, 0.3) is 11.5 Å². The number of nitrogens with zero attached hydrogens (tertiary/aromatic N) is 2. The molecule has 0 saturated heterocycles. The lowest BCUT2D eigenvalue weighted by Crippen LogP contribution is -2.39. The highest BCUT2D eigenvalue weighted by molar-refractivity contribution is 5.95. The smallest absolute Gasteiger partial charge is 0.279 e. The quantitative estimate of drug-likeness (QED) is 0.909. The molecule has 1 N–H and O–H groups in total. The van der Waals surface area contributed by atoms with Crippen molar-refractivity contribution in [2.75, 3.05) is 6.54 Å². The predicted octanol–water partition coefficient (Wildman–Crippen LogP) is 1.59. The zero-order valence-corrected chi connectivity index (χ0v) is 13.8. The predicted molar refractivity (Wildman–Crippen MR) is 87.8 cm³/mol. The normalized spacial score (nSPS) is 11.8. The summed E-state index contributed by atoms with van der Waals surface area (Å²) in [6, 6.07) is 9.37. The van der Waals surface area contributed by atoms with Crippen LogP contribution in [0.25, 0.3) is 0 Å². The fourth-order valence-electron chi connectivity index (χ4n) is 2.21. The van der Waals surface area contributed by atoms with E-state index in [1.54, 1.807) is 13.8 Å². The van der Waals surface area contributed by atoms with Crippen molar-refractivity contribution in [1.82, 2.24) is 15.1 Å². The van der Waals surface area contributed by atoms with E-state index in [1.165, 1.54) is 11.7 Å². The van der Waals surface area contributed by atoms with Gasteiger partial charge in [-0.25, -0.2) is 4.68 Å². The van der Waals surface area contributed by atoms with E-state index in [4.69, 9.17) is 4.74 Å². The molecule has 0 fully saturated rings. The number of carbonyl (C=O) groups excluding carboxylic acids is 1. The van der Waals surface area contributed by atoms with Crippen molar-refractivity contribution in [3.8, 4) is 5.75 Å². The first-order valence-electron chi connectivity index (χ1n) is 7.44. The number of para-hydroxylation sites is 1. The number of nitrogens with one attached hydrogen (secondary N) is 1. The van der Waals surface area contributed by atoms with Crippen LogP contribution in [0.4, 0.5) is 0 Å². The molecule has 2 aromatic rings. The molecule has 6 heteroatoms. The van der Waals surface area contributed by atoms with Crippen molar-refractivity contribution >= 4 is 5.91 Å². The Kier molecular flexibility index (Phi) is 5.16. The Bertz CT molecular complexity index is 754. The lowest BCUT2D eigenvalue weighted by molar-refractivity contribution is 0.0929. The number of aromatic nitrogens is 2. The second kappa shape index (κ2) is 7.09. The Morgan fingerprint density at radius 2 is 1.96 bits per heavy atom. The third-order valence-electron chi connectivity index (χ3n) is 3.58. The average Bonchev–Trinajstić information content (AvgIpc) is 2.52. The van der Waals surface area contributed by atoms with Gasteiger partial charge in [-0.2, -0.15) is 5.10 Å².